The molecule has 0 radical (unpaired) electrons. The number of benzene rings is 2. The van der Waals surface area contributed by atoms with Gasteiger partial charge in [0.15, 0.2) is 0 Å². The summed E-state index contributed by atoms with van der Waals surface area (Å²) < 4.78 is 14.6. The summed E-state index contributed by atoms with van der Waals surface area (Å²) in [5, 5.41) is 12.5. The number of nitrogens with one attached hydrogen (secondary N) is 1. The minimum Gasteiger partial charge on any atom is -0.478 e. The molecule has 4 rings (SSSR count). The smallest absolute Gasteiger partial charge is 0.335 e. The first-order valence-electron chi connectivity index (χ1n) is 8.11. The first-order valence-corrected chi connectivity index (χ1v) is 8.11. The molecular formula is C20H18FNO2. The van der Waals surface area contributed by atoms with Crippen LogP contribution in [0.1, 0.15) is 45.4 Å². The van der Waals surface area contributed by atoms with Crippen molar-refractivity contribution >= 4 is 11.7 Å². The Morgan fingerprint density at radius 1 is 1.21 bits per heavy atom. The number of carboxylic acids is 1. The lowest BCUT2D eigenvalue weighted by Gasteiger charge is -2.37. The van der Waals surface area contributed by atoms with Crippen molar-refractivity contribution in [1.82, 2.24) is 0 Å². The van der Waals surface area contributed by atoms with Gasteiger partial charge < -0.3 is 10.4 Å². The van der Waals surface area contributed by atoms with Crippen LogP contribution in [0.4, 0.5) is 10.1 Å². The second kappa shape index (κ2) is 5.48. The second-order valence-electron chi connectivity index (χ2n) is 6.61. The maximum absolute atomic E-state index is 14.6. The quantitative estimate of drug-likeness (QED) is 0.790. The summed E-state index contributed by atoms with van der Waals surface area (Å²) in [6.07, 6.45) is 5.25. The molecule has 3 atom stereocenters. The van der Waals surface area contributed by atoms with Gasteiger partial charge in [-0.3, -0.25) is 0 Å². The highest BCUT2D eigenvalue weighted by Crippen LogP contribution is 2.50. The molecule has 0 saturated heterocycles. The fourth-order valence-electron chi connectivity index (χ4n) is 3.93. The lowest BCUT2D eigenvalue weighted by atomic mass is 9.76. The number of aryl methyl sites for hydroxylation is 1. The Bertz CT molecular complexity index is 859. The third kappa shape index (κ3) is 2.30. The minimum absolute atomic E-state index is 0.0239. The molecule has 3 nitrogen and oxygen atoms in total. The van der Waals surface area contributed by atoms with Gasteiger partial charge in [-0.25, -0.2) is 9.18 Å². The number of hydrogen-bond donors (Lipinski definition) is 2. The van der Waals surface area contributed by atoms with Crippen molar-refractivity contribution in [1.29, 1.82) is 0 Å². The molecule has 0 bridgehead atoms. The molecule has 0 unspecified atom stereocenters. The molecule has 4 heteroatoms. The molecule has 1 heterocycles. The van der Waals surface area contributed by atoms with Gasteiger partial charge in [-0.05, 0) is 43.0 Å². The monoisotopic (exact) mass is 323 g/mol. The van der Waals surface area contributed by atoms with Crippen molar-refractivity contribution in [3.63, 3.8) is 0 Å². The summed E-state index contributed by atoms with van der Waals surface area (Å²) in [5.41, 5.74) is 4.01. The molecule has 122 valence electrons. The number of aromatic carboxylic acids is 1. The van der Waals surface area contributed by atoms with Crippen LogP contribution in [0.3, 0.4) is 0 Å². The molecule has 2 aliphatic rings. The SMILES string of the molecule is Cc1ccc2c(c1)[C@@H]1C=CC[C@@H]1[C@H](c1ccc(C(=O)O)cc1F)N2. The molecule has 1 aliphatic heterocycles. The zero-order valence-corrected chi connectivity index (χ0v) is 13.3. The molecule has 0 fully saturated rings. The van der Waals surface area contributed by atoms with Crippen LogP contribution in [0.25, 0.3) is 0 Å². The molecule has 0 aromatic heterocycles. The van der Waals surface area contributed by atoms with Gasteiger partial charge in [0.05, 0.1) is 11.6 Å². The van der Waals surface area contributed by atoms with Gasteiger partial charge in [-0.1, -0.05) is 35.9 Å². The number of hydrogen-bond acceptors (Lipinski definition) is 2. The Hall–Kier alpha value is -2.62. The number of rotatable bonds is 2. The molecule has 0 spiro atoms. The molecule has 0 amide bonds. The maximum Gasteiger partial charge on any atom is 0.335 e. The first-order chi connectivity index (χ1) is 11.5. The van der Waals surface area contributed by atoms with Crippen LogP contribution in [0.2, 0.25) is 0 Å². The van der Waals surface area contributed by atoms with E-state index in [0.717, 1.165) is 18.2 Å². The Morgan fingerprint density at radius 2 is 2.04 bits per heavy atom. The Kier molecular flexibility index (Phi) is 3.41. The van der Waals surface area contributed by atoms with Crippen molar-refractivity contribution in [3.05, 3.63) is 76.6 Å². The largest absolute Gasteiger partial charge is 0.478 e. The number of fused-ring (bicyclic) bond motifs is 3. The molecule has 0 saturated carbocycles. The number of allylic oxidation sites excluding steroid dienone is 2. The number of anilines is 1. The fourth-order valence-corrected chi connectivity index (χ4v) is 3.93. The summed E-state index contributed by atoms with van der Waals surface area (Å²) >= 11 is 0. The summed E-state index contributed by atoms with van der Waals surface area (Å²) in [4.78, 5) is 11.0. The van der Waals surface area contributed by atoms with Crippen molar-refractivity contribution in [2.75, 3.05) is 5.32 Å². The summed E-state index contributed by atoms with van der Waals surface area (Å²) in [7, 11) is 0. The third-order valence-electron chi connectivity index (χ3n) is 5.10. The molecule has 2 aromatic carbocycles. The van der Waals surface area contributed by atoms with E-state index < -0.39 is 11.8 Å². The van der Waals surface area contributed by atoms with Crippen LogP contribution in [-0.2, 0) is 0 Å². The van der Waals surface area contributed by atoms with Gasteiger partial charge >= 0.3 is 5.97 Å². The summed E-state index contributed by atoms with van der Waals surface area (Å²) in [6, 6.07) is 10.3. The van der Waals surface area contributed by atoms with Crippen molar-refractivity contribution < 1.29 is 14.3 Å². The standard InChI is InChI=1S/C20H18FNO2/c1-11-5-8-18-16(9-11)13-3-2-4-14(13)19(22-18)15-7-6-12(20(23)24)10-17(15)21/h2-3,5-10,13-14,19,22H,4H2,1H3,(H,23,24)/t13-,14+,19-/m1/s1. The van der Waals surface area contributed by atoms with Crippen LogP contribution in [0.15, 0.2) is 48.6 Å². The van der Waals surface area contributed by atoms with E-state index in [-0.39, 0.29) is 23.4 Å². The van der Waals surface area contributed by atoms with E-state index in [4.69, 9.17) is 5.11 Å². The zero-order chi connectivity index (χ0) is 16.8. The topological polar surface area (TPSA) is 49.3 Å². The Morgan fingerprint density at radius 3 is 2.79 bits per heavy atom. The maximum atomic E-state index is 14.6. The normalized spacial score (nSPS) is 24.2. The lowest BCUT2D eigenvalue weighted by Crippen LogP contribution is -2.29. The van der Waals surface area contributed by atoms with Crippen molar-refractivity contribution in [2.24, 2.45) is 5.92 Å². The van der Waals surface area contributed by atoms with Crippen LogP contribution in [0.5, 0.6) is 0 Å². The van der Waals surface area contributed by atoms with E-state index in [1.54, 1.807) is 6.07 Å². The van der Waals surface area contributed by atoms with Crippen molar-refractivity contribution in [3.8, 4) is 0 Å². The lowest BCUT2D eigenvalue weighted by molar-refractivity contribution is 0.0696. The average Bonchev–Trinajstić information content (AvgIpc) is 3.04. The second-order valence-corrected chi connectivity index (χ2v) is 6.61. The summed E-state index contributed by atoms with van der Waals surface area (Å²) in [6.45, 7) is 2.07. The zero-order valence-electron chi connectivity index (χ0n) is 13.3. The third-order valence-corrected chi connectivity index (χ3v) is 5.10. The minimum atomic E-state index is -1.11. The Balaban J connectivity index is 1.77. The van der Waals surface area contributed by atoms with E-state index in [1.807, 2.05) is 12.1 Å². The van der Waals surface area contributed by atoms with Gasteiger partial charge in [0.1, 0.15) is 5.82 Å². The first kappa shape index (κ1) is 14.9. The van der Waals surface area contributed by atoms with Crippen LogP contribution in [0, 0.1) is 18.7 Å². The highest BCUT2D eigenvalue weighted by molar-refractivity contribution is 5.87. The van der Waals surface area contributed by atoms with Gasteiger partial charge in [0, 0.05) is 17.2 Å². The summed E-state index contributed by atoms with van der Waals surface area (Å²) in [5.74, 6) is -1.07. The number of halogens is 1. The van der Waals surface area contributed by atoms with Crippen LogP contribution < -0.4 is 5.32 Å². The van der Waals surface area contributed by atoms with Gasteiger partial charge in [0.2, 0.25) is 0 Å². The number of carbonyl (C=O) groups is 1. The van der Waals surface area contributed by atoms with Gasteiger partial charge in [-0.2, -0.15) is 0 Å². The number of carboxylic acid groups (broad SMARTS) is 1. The highest BCUT2D eigenvalue weighted by Gasteiger charge is 2.38. The average molecular weight is 323 g/mol. The molecule has 2 aromatic rings. The van der Waals surface area contributed by atoms with E-state index in [9.17, 15) is 9.18 Å². The molecule has 2 N–H and O–H groups in total. The van der Waals surface area contributed by atoms with E-state index in [2.05, 4.69) is 30.5 Å². The molecular weight excluding hydrogens is 305 g/mol. The van der Waals surface area contributed by atoms with E-state index in [1.165, 1.54) is 17.2 Å². The molecule has 24 heavy (non-hydrogen) atoms. The predicted octanol–water partition coefficient (Wildman–Crippen LogP) is 4.66. The van der Waals surface area contributed by atoms with E-state index >= 15 is 0 Å². The predicted molar refractivity (Wildman–Crippen MR) is 90.9 cm³/mol. The fraction of sp³-hybridized carbons (Fsp3) is 0.250. The van der Waals surface area contributed by atoms with Crippen LogP contribution in [-0.4, -0.2) is 11.1 Å². The van der Waals surface area contributed by atoms with Gasteiger partial charge in [-0.15, -0.1) is 0 Å². The van der Waals surface area contributed by atoms with Crippen LogP contribution >= 0.6 is 0 Å². The van der Waals surface area contributed by atoms with Crippen molar-refractivity contribution in [2.45, 2.75) is 25.3 Å². The van der Waals surface area contributed by atoms with E-state index in [0.29, 0.717) is 5.56 Å². The van der Waals surface area contributed by atoms with Gasteiger partial charge in [0.25, 0.3) is 0 Å². The highest BCUT2D eigenvalue weighted by atomic mass is 19.1. The molecule has 1 aliphatic carbocycles. The Labute approximate surface area is 139 Å².